The van der Waals surface area contributed by atoms with Gasteiger partial charge < -0.3 is 0 Å². The van der Waals surface area contributed by atoms with Crippen molar-refractivity contribution in [2.45, 2.75) is 30.9 Å². The molecular weight excluding hydrogens is 162 g/mol. The molecule has 4 heteroatoms. The second-order valence-electron chi connectivity index (χ2n) is 2.92. The molecule has 0 unspecified atom stereocenters. The largest absolute Gasteiger partial charge is 0.227 e. The second-order valence-corrected chi connectivity index (χ2v) is 5.34. The Hall–Kier alpha value is -0.560. The molecule has 1 aliphatic carbocycles. The fourth-order valence-corrected chi connectivity index (χ4v) is 2.86. The van der Waals surface area contributed by atoms with Crippen molar-refractivity contribution in [3.8, 4) is 6.07 Å². The Balaban J connectivity index is 2.83. The highest BCUT2D eigenvalue weighted by Crippen LogP contribution is 2.43. The number of hydrogen-bond donors (Lipinski definition) is 0. The van der Waals surface area contributed by atoms with Crippen LogP contribution in [0.2, 0.25) is 0 Å². The Morgan fingerprint density at radius 2 is 2.09 bits per heavy atom. The molecule has 0 N–H and O–H groups in total. The summed E-state index contributed by atoms with van der Waals surface area (Å²) in [6.07, 6.45) is 1.67. The van der Waals surface area contributed by atoms with Gasteiger partial charge in [-0.3, -0.25) is 0 Å². The maximum absolute atomic E-state index is 11.3. The van der Waals surface area contributed by atoms with E-state index in [0.29, 0.717) is 19.3 Å². The van der Waals surface area contributed by atoms with Crippen LogP contribution >= 0.6 is 0 Å². The molecule has 0 bridgehead atoms. The number of rotatable bonds is 3. The maximum Gasteiger partial charge on any atom is 0.169 e. The van der Waals surface area contributed by atoms with Crippen LogP contribution in [0.1, 0.15) is 26.2 Å². The monoisotopic (exact) mass is 173 g/mol. The number of nitrogens with zero attached hydrogens (tertiary/aromatic N) is 1. The minimum absolute atomic E-state index is 0.153. The Bertz CT molecular complexity index is 282. The van der Waals surface area contributed by atoms with E-state index in [2.05, 4.69) is 0 Å². The maximum atomic E-state index is 11.3. The van der Waals surface area contributed by atoms with Crippen molar-refractivity contribution < 1.29 is 8.42 Å². The van der Waals surface area contributed by atoms with Gasteiger partial charge in [-0.05, 0) is 19.3 Å². The van der Waals surface area contributed by atoms with Crippen molar-refractivity contribution in [2.24, 2.45) is 0 Å². The van der Waals surface area contributed by atoms with Crippen molar-refractivity contribution in [1.29, 1.82) is 5.26 Å². The Morgan fingerprint density at radius 3 is 2.36 bits per heavy atom. The van der Waals surface area contributed by atoms with Crippen molar-refractivity contribution in [3.05, 3.63) is 0 Å². The van der Waals surface area contributed by atoms with Crippen LogP contribution in [0.15, 0.2) is 0 Å². The van der Waals surface area contributed by atoms with Crippen LogP contribution in [0, 0.1) is 11.3 Å². The first-order valence-corrected chi connectivity index (χ1v) is 5.37. The minimum Gasteiger partial charge on any atom is -0.227 e. The molecule has 0 amide bonds. The van der Waals surface area contributed by atoms with Gasteiger partial charge in [0.2, 0.25) is 0 Å². The first kappa shape index (κ1) is 8.54. The van der Waals surface area contributed by atoms with E-state index in [-0.39, 0.29) is 5.75 Å². The summed E-state index contributed by atoms with van der Waals surface area (Å²) in [4.78, 5) is 0. The Labute approximate surface area is 66.9 Å². The normalized spacial score (nSPS) is 20.7. The summed E-state index contributed by atoms with van der Waals surface area (Å²) in [7, 11) is -3.11. The summed E-state index contributed by atoms with van der Waals surface area (Å²) in [5, 5.41) is 8.59. The van der Waals surface area contributed by atoms with Gasteiger partial charge >= 0.3 is 0 Å². The van der Waals surface area contributed by atoms with E-state index in [1.54, 1.807) is 0 Å². The standard InChI is InChI=1S/C7H11NO2S/c1-2-5-11(9,10)7(6-8)3-4-7/h2-5H2,1H3. The zero-order valence-electron chi connectivity index (χ0n) is 6.50. The zero-order valence-corrected chi connectivity index (χ0v) is 7.32. The fourth-order valence-electron chi connectivity index (χ4n) is 1.07. The molecule has 0 radical (unpaired) electrons. The van der Waals surface area contributed by atoms with E-state index < -0.39 is 14.6 Å². The summed E-state index contributed by atoms with van der Waals surface area (Å²) >= 11 is 0. The van der Waals surface area contributed by atoms with Gasteiger partial charge in [-0.2, -0.15) is 5.26 Å². The molecule has 0 aromatic heterocycles. The lowest BCUT2D eigenvalue weighted by molar-refractivity contribution is 0.587. The lowest BCUT2D eigenvalue weighted by Crippen LogP contribution is -2.23. The van der Waals surface area contributed by atoms with Gasteiger partial charge in [-0.1, -0.05) is 6.92 Å². The van der Waals surface area contributed by atoms with Crippen LogP contribution in [-0.4, -0.2) is 18.9 Å². The quantitative estimate of drug-likeness (QED) is 0.636. The topological polar surface area (TPSA) is 57.9 Å². The molecule has 0 aromatic carbocycles. The predicted molar refractivity (Wildman–Crippen MR) is 41.7 cm³/mol. The van der Waals surface area contributed by atoms with Crippen LogP contribution in [0.5, 0.6) is 0 Å². The van der Waals surface area contributed by atoms with E-state index in [1.807, 2.05) is 13.0 Å². The van der Waals surface area contributed by atoms with Gasteiger partial charge in [0.1, 0.15) is 0 Å². The molecule has 1 saturated carbocycles. The smallest absolute Gasteiger partial charge is 0.169 e. The van der Waals surface area contributed by atoms with Crippen molar-refractivity contribution in [2.75, 3.05) is 5.75 Å². The van der Waals surface area contributed by atoms with Crippen molar-refractivity contribution >= 4 is 9.84 Å². The van der Waals surface area contributed by atoms with Crippen LogP contribution in [0.4, 0.5) is 0 Å². The molecule has 11 heavy (non-hydrogen) atoms. The van der Waals surface area contributed by atoms with Gasteiger partial charge in [-0.15, -0.1) is 0 Å². The van der Waals surface area contributed by atoms with Gasteiger partial charge in [0.15, 0.2) is 14.6 Å². The average molecular weight is 173 g/mol. The molecule has 3 nitrogen and oxygen atoms in total. The van der Waals surface area contributed by atoms with Gasteiger partial charge in [0.05, 0.1) is 11.8 Å². The molecular formula is C7H11NO2S. The highest BCUT2D eigenvalue weighted by atomic mass is 32.2. The summed E-state index contributed by atoms with van der Waals surface area (Å²) < 4.78 is 21.7. The van der Waals surface area contributed by atoms with E-state index in [0.717, 1.165) is 0 Å². The Kier molecular flexibility index (Phi) is 1.93. The van der Waals surface area contributed by atoms with E-state index >= 15 is 0 Å². The van der Waals surface area contributed by atoms with E-state index in [9.17, 15) is 8.42 Å². The number of hydrogen-bond acceptors (Lipinski definition) is 3. The second kappa shape index (κ2) is 2.49. The van der Waals surface area contributed by atoms with Gasteiger partial charge in [0, 0.05) is 0 Å². The minimum atomic E-state index is -3.11. The Morgan fingerprint density at radius 1 is 1.55 bits per heavy atom. The molecule has 0 heterocycles. The number of nitriles is 1. The molecule has 0 aromatic rings. The highest BCUT2D eigenvalue weighted by molar-refractivity contribution is 7.93. The molecule has 0 atom stereocenters. The highest BCUT2D eigenvalue weighted by Gasteiger charge is 2.54. The molecule has 1 fully saturated rings. The predicted octanol–water partition coefficient (Wildman–Crippen LogP) is 0.867. The fraction of sp³-hybridized carbons (Fsp3) is 0.857. The van der Waals surface area contributed by atoms with Crippen molar-refractivity contribution in [1.82, 2.24) is 0 Å². The molecule has 0 spiro atoms. The van der Waals surface area contributed by atoms with E-state index in [1.165, 1.54) is 0 Å². The molecule has 1 aliphatic rings. The van der Waals surface area contributed by atoms with Crippen molar-refractivity contribution in [3.63, 3.8) is 0 Å². The van der Waals surface area contributed by atoms with Gasteiger partial charge in [0.25, 0.3) is 0 Å². The molecule has 62 valence electrons. The SMILES string of the molecule is CCCS(=O)(=O)C1(C#N)CC1. The first-order chi connectivity index (χ1) is 5.08. The van der Waals surface area contributed by atoms with Crippen LogP contribution in [-0.2, 0) is 9.84 Å². The third-order valence-corrected chi connectivity index (χ3v) is 4.61. The molecule has 0 aliphatic heterocycles. The lowest BCUT2D eigenvalue weighted by atomic mass is 10.5. The first-order valence-electron chi connectivity index (χ1n) is 3.71. The summed E-state index contributed by atoms with van der Waals surface area (Å²) in [6, 6.07) is 1.89. The molecule has 0 saturated heterocycles. The van der Waals surface area contributed by atoms with Crippen LogP contribution in [0.25, 0.3) is 0 Å². The zero-order chi connectivity index (χ0) is 8.54. The summed E-state index contributed by atoms with van der Waals surface area (Å²) in [5.41, 5.74) is 0. The third kappa shape index (κ3) is 1.25. The van der Waals surface area contributed by atoms with Gasteiger partial charge in [-0.25, -0.2) is 8.42 Å². The number of sulfone groups is 1. The van der Waals surface area contributed by atoms with Crippen LogP contribution < -0.4 is 0 Å². The summed E-state index contributed by atoms with van der Waals surface area (Å²) in [6.45, 7) is 1.81. The molecule has 1 rings (SSSR count). The lowest BCUT2D eigenvalue weighted by Gasteiger charge is -2.05. The third-order valence-electron chi connectivity index (χ3n) is 1.98. The summed E-state index contributed by atoms with van der Waals surface area (Å²) in [5.74, 6) is 0.153. The average Bonchev–Trinajstić information content (AvgIpc) is 2.66. The van der Waals surface area contributed by atoms with E-state index in [4.69, 9.17) is 5.26 Å². The van der Waals surface area contributed by atoms with Crippen LogP contribution in [0.3, 0.4) is 0 Å².